The molecule has 2 aromatic rings. The van der Waals surface area contributed by atoms with Gasteiger partial charge in [-0.3, -0.25) is 9.59 Å². The molecule has 0 aliphatic heterocycles. The Morgan fingerprint density at radius 3 is 2.45 bits per heavy atom. The lowest BCUT2D eigenvalue weighted by molar-refractivity contribution is -0.142. The maximum absolute atomic E-state index is 13.3. The van der Waals surface area contributed by atoms with Gasteiger partial charge in [-0.25, -0.2) is 0 Å². The summed E-state index contributed by atoms with van der Waals surface area (Å²) in [5.74, 6) is 0.789. The maximum atomic E-state index is 13.3. The third kappa shape index (κ3) is 6.22. The molecule has 2 amide bonds. The Labute approximate surface area is 187 Å². The zero-order chi connectivity index (χ0) is 22.4. The minimum atomic E-state index is 0.00548. The Morgan fingerprint density at radius 2 is 1.84 bits per heavy atom. The average molecular weight is 424 g/mol. The SMILES string of the molecule is CCCCN(Cc1cccn1C)C(=O)CN(CC(C)C)C(=O)[C@@H]1C[C@H]1c1ccccc1. The van der Waals surface area contributed by atoms with E-state index in [0.29, 0.717) is 19.0 Å². The highest BCUT2D eigenvalue weighted by atomic mass is 16.2. The molecule has 1 aromatic carbocycles. The van der Waals surface area contributed by atoms with Gasteiger partial charge >= 0.3 is 0 Å². The van der Waals surface area contributed by atoms with E-state index in [1.807, 2.05) is 47.3 Å². The smallest absolute Gasteiger partial charge is 0.242 e. The molecule has 0 N–H and O–H groups in total. The van der Waals surface area contributed by atoms with Gasteiger partial charge < -0.3 is 14.4 Å². The van der Waals surface area contributed by atoms with E-state index in [0.717, 1.165) is 31.5 Å². The van der Waals surface area contributed by atoms with Gasteiger partial charge in [-0.05, 0) is 42.4 Å². The van der Waals surface area contributed by atoms with Crippen LogP contribution in [0.1, 0.15) is 57.2 Å². The number of aryl methyl sites for hydroxylation is 1. The number of rotatable bonds is 11. The van der Waals surface area contributed by atoms with Crippen molar-refractivity contribution < 1.29 is 9.59 Å². The van der Waals surface area contributed by atoms with E-state index in [9.17, 15) is 9.59 Å². The summed E-state index contributed by atoms with van der Waals surface area (Å²) in [5.41, 5.74) is 2.34. The molecule has 0 spiro atoms. The van der Waals surface area contributed by atoms with Crippen molar-refractivity contribution in [3.63, 3.8) is 0 Å². The van der Waals surface area contributed by atoms with Crippen molar-refractivity contribution in [3.8, 4) is 0 Å². The van der Waals surface area contributed by atoms with E-state index in [4.69, 9.17) is 0 Å². The first-order chi connectivity index (χ1) is 14.9. The van der Waals surface area contributed by atoms with Crippen LogP contribution in [0.15, 0.2) is 48.7 Å². The van der Waals surface area contributed by atoms with E-state index in [1.54, 1.807) is 0 Å². The minimum Gasteiger partial charge on any atom is -0.353 e. The number of hydrogen-bond donors (Lipinski definition) is 0. The maximum Gasteiger partial charge on any atom is 0.242 e. The highest BCUT2D eigenvalue weighted by Crippen LogP contribution is 2.48. The summed E-state index contributed by atoms with van der Waals surface area (Å²) in [6, 6.07) is 14.3. The lowest BCUT2D eigenvalue weighted by Crippen LogP contribution is -2.45. The summed E-state index contributed by atoms with van der Waals surface area (Å²) < 4.78 is 2.05. The van der Waals surface area contributed by atoms with Crippen LogP contribution in [0.4, 0.5) is 0 Å². The summed E-state index contributed by atoms with van der Waals surface area (Å²) in [6.45, 7) is 8.44. The first kappa shape index (κ1) is 23.1. The molecular formula is C26H37N3O2. The van der Waals surface area contributed by atoms with E-state index in [-0.39, 0.29) is 30.2 Å². The van der Waals surface area contributed by atoms with Gasteiger partial charge in [-0.1, -0.05) is 57.5 Å². The van der Waals surface area contributed by atoms with Crippen molar-refractivity contribution in [2.75, 3.05) is 19.6 Å². The molecule has 1 fully saturated rings. The largest absolute Gasteiger partial charge is 0.353 e. The third-order valence-electron chi connectivity index (χ3n) is 6.10. The van der Waals surface area contributed by atoms with Gasteiger partial charge in [0.25, 0.3) is 0 Å². The van der Waals surface area contributed by atoms with Crippen LogP contribution < -0.4 is 0 Å². The lowest BCUT2D eigenvalue weighted by atomic mass is 10.1. The molecule has 31 heavy (non-hydrogen) atoms. The van der Waals surface area contributed by atoms with Gasteiger partial charge in [0.15, 0.2) is 0 Å². The Morgan fingerprint density at radius 1 is 1.10 bits per heavy atom. The molecule has 5 heteroatoms. The summed E-state index contributed by atoms with van der Waals surface area (Å²) >= 11 is 0. The molecule has 2 atom stereocenters. The molecular weight excluding hydrogens is 386 g/mol. The molecule has 0 radical (unpaired) electrons. The topological polar surface area (TPSA) is 45.6 Å². The number of aromatic nitrogens is 1. The molecule has 1 aliphatic carbocycles. The highest BCUT2D eigenvalue weighted by molar-refractivity contribution is 5.88. The molecule has 0 bridgehead atoms. The lowest BCUT2D eigenvalue weighted by Gasteiger charge is -2.29. The van der Waals surface area contributed by atoms with E-state index in [2.05, 4.69) is 43.5 Å². The van der Waals surface area contributed by atoms with Crippen molar-refractivity contribution in [3.05, 3.63) is 59.9 Å². The monoisotopic (exact) mass is 423 g/mol. The average Bonchev–Trinajstić information content (AvgIpc) is 3.46. The van der Waals surface area contributed by atoms with Gasteiger partial charge in [0.05, 0.1) is 13.1 Å². The van der Waals surface area contributed by atoms with E-state index in [1.165, 1.54) is 5.56 Å². The van der Waals surface area contributed by atoms with Gasteiger partial charge in [0.2, 0.25) is 11.8 Å². The van der Waals surface area contributed by atoms with Gasteiger partial charge in [0, 0.05) is 37.9 Å². The molecule has 0 unspecified atom stereocenters. The van der Waals surface area contributed by atoms with E-state index >= 15 is 0 Å². The normalized spacial score (nSPS) is 17.6. The Balaban J connectivity index is 1.68. The number of hydrogen-bond acceptors (Lipinski definition) is 2. The van der Waals surface area contributed by atoms with Crippen molar-refractivity contribution in [2.24, 2.45) is 18.9 Å². The summed E-state index contributed by atoms with van der Waals surface area (Å²) in [6.07, 6.45) is 4.89. The molecule has 3 rings (SSSR count). The number of benzene rings is 1. The highest BCUT2D eigenvalue weighted by Gasteiger charge is 2.46. The van der Waals surface area contributed by atoms with Crippen molar-refractivity contribution >= 4 is 11.8 Å². The van der Waals surface area contributed by atoms with Crippen LogP contribution in [-0.2, 0) is 23.2 Å². The molecule has 5 nitrogen and oxygen atoms in total. The number of nitrogens with zero attached hydrogens (tertiary/aromatic N) is 3. The standard InChI is InChI=1S/C26H37N3O2/c1-5-6-15-28(18-22-13-10-14-27(22)4)25(30)19-29(17-20(2)3)26(31)24-16-23(24)21-11-8-7-9-12-21/h7-14,20,23-24H,5-6,15-19H2,1-4H3/t23-,24+/m0/s1. The van der Waals surface area contributed by atoms with Crippen LogP contribution in [0.2, 0.25) is 0 Å². The van der Waals surface area contributed by atoms with Crippen molar-refractivity contribution in [1.29, 1.82) is 0 Å². The zero-order valence-electron chi connectivity index (χ0n) is 19.5. The van der Waals surface area contributed by atoms with Gasteiger partial charge in [0.1, 0.15) is 0 Å². The van der Waals surface area contributed by atoms with Crippen molar-refractivity contribution in [2.45, 2.75) is 52.5 Å². The van der Waals surface area contributed by atoms with Gasteiger partial charge in [-0.15, -0.1) is 0 Å². The fourth-order valence-corrected chi connectivity index (χ4v) is 4.20. The predicted octanol–water partition coefficient (Wildman–Crippen LogP) is 4.44. The van der Waals surface area contributed by atoms with Crippen molar-refractivity contribution in [1.82, 2.24) is 14.4 Å². The summed E-state index contributed by atoms with van der Waals surface area (Å²) in [7, 11) is 2.00. The second-order valence-electron chi connectivity index (χ2n) is 9.25. The molecule has 0 saturated heterocycles. The number of carbonyl (C=O) groups is 2. The summed E-state index contributed by atoms with van der Waals surface area (Å²) in [4.78, 5) is 30.3. The number of unbranched alkanes of at least 4 members (excludes halogenated alkanes) is 1. The Hall–Kier alpha value is -2.56. The second kappa shape index (κ2) is 10.7. The summed E-state index contributed by atoms with van der Waals surface area (Å²) in [5, 5.41) is 0. The Bertz CT molecular complexity index is 859. The van der Waals surface area contributed by atoms with Crippen LogP contribution in [0.3, 0.4) is 0 Å². The van der Waals surface area contributed by atoms with Crippen LogP contribution in [0, 0.1) is 11.8 Å². The first-order valence-corrected chi connectivity index (χ1v) is 11.6. The zero-order valence-corrected chi connectivity index (χ0v) is 19.5. The molecule has 1 heterocycles. The number of carbonyl (C=O) groups excluding carboxylic acids is 2. The number of amides is 2. The van der Waals surface area contributed by atoms with Crippen LogP contribution in [0.5, 0.6) is 0 Å². The van der Waals surface area contributed by atoms with E-state index < -0.39 is 0 Å². The molecule has 168 valence electrons. The minimum absolute atomic E-state index is 0.00548. The quantitative estimate of drug-likeness (QED) is 0.536. The fourth-order valence-electron chi connectivity index (χ4n) is 4.20. The molecule has 1 saturated carbocycles. The first-order valence-electron chi connectivity index (χ1n) is 11.6. The van der Waals surface area contributed by atoms with Crippen LogP contribution in [-0.4, -0.2) is 45.8 Å². The Kier molecular flexibility index (Phi) is 7.94. The van der Waals surface area contributed by atoms with Crippen LogP contribution >= 0.6 is 0 Å². The van der Waals surface area contributed by atoms with Gasteiger partial charge in [-0.2, -0.15) is 0 Å². The molecule has 1 aliphatic rings. The second-order valence-corrected chi connectivity index (χ2v) is 9.25. The van der Waals surface area contributed by atoms with Crippen LogP contribution in [0.25, 0.3) is 0 Å². The molecule has 1 aromatic heterocycles. The fraction of sp³-hybridized carbons (Fsp3) is 0.538. The third-order valence-corrected chi connectivity index (χ3v) is 6.10. The predicted molar refractivity (Wildman–Crippen MR) is 124 cm³/mol.